The van der Waals surface area contributed by atoms with E-state index in [1.807, 2.05) is 26.1 Å². The van der Waals surface area contributed by atoms with Crippen LogP contribution < -0.4 is 0 Å². The first-order valence-corrected chi connectivity index (χ1v) is 5.07. The molecule has 0 N–H and O–H groups in total. The lowest BCUT2D eigenvalue weighted by molar-refractivity contribution is -0.129. The van der Waals surface area contributed by atoms with Gasteiger partial charge in [-0.3, -0.25) is 4.79 Å². The monoisotopic (exact) mass is 183 g/mol. The van der Waals surface area contributed by atoms with Crippen molar-refractivity contribution in [3.05, 3.63) is 12.2 Å². The van der Waals surface area contributed by atoms with Crippen LogP contribution in [-0.2, 0) is 4.79 Å². The second-order valence-corrected chi connectivity index (χ2v) is 3.30. The largest absolute Gasteiger partial charge is 0.342 e. The quantitative estimate of drug-likeness (QED) is 0.458. The van der Waals surface area contributed by atoms with Gasteiger partial charge in [-0.05, 0) is 13.3 Å². The molecule has 0 bridgehead atoms. The molecule has 0 fully saturated rings. The SMILES string of the molecule is C/C=C/CN(C)C(=O)CCCCC. The Morgan fingerprint density at radius 3 is 2.62 bits per heavy atom. The summed E-state index contributed by atoms with van der Waals surface area (Å²) in [6.07, 6.45) is 8.01. The van der Waals surface area contributed by atoms with Gasteiger partial charge in [0.15, 0.2) is 0 Å². The highest BCUT2D eigenvalue weighted by atomic mass is 16.2. The lowest BCUT2D eigenvalue weighted by Crippen LogP contribution is -2.26. The van der Waals surface area contributed by atoms with Gasteiger partial charge in [0.25, 0.3) is 0 Å². The zero-order valence-electron chi connectivity index (χ0n) is 9.05. The highest BCUT2D eigenvalue weighted by molar-refractivity contribution is 5.75. The van der Waals surface area contributed by atoms with Gasteiger partial charge in [0.1, 0.15) is 0 Å². The number of hydrogen-bond donors (Lipinski definition) is 0. The van der Waals surface area contributed by atoms with Crippen LogP contribution in [-0.4, -0.2) is 24.4 Å². The number of unbranched alkanes of at least 4 members (excludes halogenated alkanes) is 2. The van der Waals surface area contributed by atoms with Gasteiger partial charge in [0, 0.05) is 20.0 Å². The van der Waals surface area contributed by atoms with Gasteiger partial charge in [-0.2, -0.15) is 0 Å². The minimum absolute atomic E-state index is 0.256. The molecule has 0 saturated carbocycles. The van der Waals surface area contributed by atoms with Gasteiger partial charge in [0.2, 0.25) is 5.91 Å². The van der Waals surface area contributed by atoms with Crippen molar-refractivity contribution in [2.24, 2.45) is 0 Å². The normalized spacial score (nSPS) is 10.7. The molecule has 13 heavy (non-hydrogen) atoms. The number of likely N-dealkylation sites (N-methyl/N-ethyl adjacent to an activating group) is 1. The van der Waals surface area contributed by atoms with E-state index in [0.29, 0.717) is 6.42 Å². The lowest BCUT2D eigenvalue weighted by Gasteiger charge is -2.14. The van der Waals surface area contributed by atoms with Gasteiger partial charge in [-0.15, -0.1) is 0 Å². The Bertz CT molecular complexity index is 163. The molecule has 2 nitrogen and oxygen atoms in total. The molecule has 0 radical (unpaired) electrons. The predicted molar refractivity (Wildman–Crippen MR) is 56.6 cm³/mol. The van der Waals surface area contributed by atoms with Crippen molar-refractivity contribution in [2.45, 2.75) is 39.5 Å². The highest BCUT2D eigenvalue weighted by Gasteiger charge is 2.05. The van der Waals surface area contributed by atoms with Crippen LogP contribution in [0.4, 0.5) is 0 Å². The number of nitrogens with zero attached hydrogens (tertiary/aromatic N) is 1. The van der Waals surface area contributed by atoms with Crippen LogP contribution in [0.1, 0.15) is 39.5 Å². The van der Waals surface area contributed by atoms with Gasteiger partial charge in [-0.1, -0.05) is 31.9 Å². The average molecular weight is 183 g/mol. The molecule has 0 rings (SSSR count). The second kappa shape index (κ2) is 7.84. The van der Waals surface area contributed by atoms with Crippen molar-refractivity contribution in [3.8, 4) is 0 Å². The molecule has 0 aromatic heterocycles. The van der Waals surface area contributed by atoms with Crippen LogP contribution in [0.25, 0.3) is 0 Å². The lowest BCUT2D eigenvalue weighted by atomic mass is 10.2. The van der Waals surface area contributed by atoms with Crippen LogP contribution in [0.5, 0.6) is 0 Å². The molecule has 2 heteroatoms. The Morgan fingerprint density at radius 1 is 1.38 bits per heavy atom. The first kappa shape index (κ1) is 12.2. The number of hydrogen-bond acceptors (Lipinski definition) is 1. The molecule has 0 heterocycles. The molecule has 0 aliphatic rings. The zero-order valence-corrected chi connectivity index (χ0v) is 9.05. The summed E-state index contributed by atoms with van der Waals surface area (Å²) in [5.74, 6) is 0.256. The maximum atomic E-state index is 11.4. The highest BCUT2D eigenvalue weighted by Crippen LogP contribution is 2.01. The molecule has 0 saturated heterocycles. The summed E-state index contributed by atoms with van der Waals surface area (Å²) in [4.78, 5) is 13.2. The zero-order chi connectivity index (χ0) is 10.1. The molecule has 0 aromatic carbocycles. The van der Waals surface area contributed by atoms with Crippen molar-refractivity contribution < 1.29 is 4.79 Å². The van der Waals surface area contributed by atoms with E-state index in [1.54, 1.807) is 4.90 Å². The molecule has 0 aliphatic heterocycles. The maximum absolute atomic E-state index is 11.4. The van der Waals surface area contributed by atoms with Crippen molar-refractivity contribution in [3.63, 3.8) is 0 Å². The molecule has 1 amide bonds. The van der Waals surface area contributed by atoms with Crippen LogP contribution in [0.3, 0.4) is 0 Å². The molecule has 76 valence electrons. The summed E-state index contributed by atoms with van der Waals surface area (Å²) in [5, 5.41) is 0. The fourth-order valence-electron chi connectivity index (χ4n) is 1.08. The molecule has 0 unspecified atom stereocenters. The summed E-state index contributed by atoms with van der Waals surface area (Å²) in [7, 11) is 1.86. The Kier molecular flexibility index (Phi) is 7.36. The van der Waals surface area contributed by atoms with Gasteiger partial charge >= 0.3 is 0 Å². The van der Waals surface area contributed by atoms with Gasteiger partial charge < -0.3 is 4.90 Å². The Morgan fingerprint density at radius 2 is 2.08 bits per heavy atom. The smallest absolute Gasteiger partial charge is 0.222 e. The number of amides is 1. The van der Waals surface area contributed by atoms with E-state index in [0.717, 1.165) is 19.4 Å². The van der Waals surface area contributed by atoms with E-state index < -0.39 is 0 Å². The first-order valence-electron chi connectivity index (χ1n) is 5.07. The van der Waals surface area contributed by atoms with Crippen LogP contribution in [0.15, 0.2) is 12.2 Å². The number of carbonyl (C=O) groups excluding carboxylic acids is 1. The molecule has 0 spiro atoms. The predicted octanol–water partition coefficient (Wildman–Crippen LogP) is 2.60. The summed E-state index contributed by atoms with van der Waals surface area (Å²) in [5.41, 5.74) is 0. The minimum atomic E-state index is 0.256. The molecular weight excluding hydrogens is 162 g/mol. The van der Waals surface area contributed by atoms with E-state index in [-0.39, 0.29) is 5.91 Å². The number of rotatable bonds is 6. The first-order chi connectivity index (χ1) is 6.22. The van der Waals surface area contributed by atoms with E-state index in [4.69, 9.17) is 0 Å². The van der Waals surface area contributed by atoms with Gasteiger partial charge in [-0.25, -0.2) is 0 Å². The molecule has 0 aromatic rings. The van der Waals surface area contributed by atoms with Crippen molar-refractivity contribution in [1.29, 1.82) is 0 Å². The fraction of sp³-hybridized carbons (Fsp3) is 0.727. The average Bonchev–Trinajstić information content (AvgIpc) is 2.14. The van der Waals surface area contributed by atoms with E-state index in [1.165, 1.54) is 6.42 Å². The number of carbonyl (C=O) groups is 1. The third kappa shape index (κ3) is 6.38. The second-order valence-electron chi connectivity index (χ2n) is 3.30. The molecule has 0 aliphatic carbocycles. The molecular formula is C11H21NO. The standard InChI is InChI=1S/C11H21NO/c1-4-6-8-9-11(13)12(3)10-7-5-2/h5,7H,4,6,8-10H2,1-3H3/b7-5+. The van der Waals surface area contributed by atoms with Gasteiger partial charge in [0.05, 0.1) is 0 Å². The minimum Gasteiger partial charge on any atom is -0.342 e. The topological polar surface area (TPSA) is 20.3 Å². The van der Waals surface area contributed by atoms with Crippen molar-refractivity contribution in [1.82, 2.24) is 4.90 Å². The Hall–Kier alpha value is -0.790. The van der Waals surface area contributed by atoms with Crippen LogP contribution in [0.2, 0.25) is 0 Å². The maximum Gasteiger partial charge on any atom is 0.222 e. The van der Waals surface area contributed by atoms with Crippen molar-refractivity contribution >= 4 is 5.91 Å². The summed E-state index contributed by atoms with van der Waals surface area (Å²) < 4.78 is 0. The third-order valence-corrected chi connectivity index (χ3v) is 2.03. The van der Waals surface area contributed by atoms with Crippen molar-refractivity contribution in [2.75, 3.05) is 13.6 Å². The van der Waals surface area contributed by atoms with Crippen LogP contribution in [0, 0.1) is 0 Å². The van der Waals surface area contributed by atoms with E-state index in [9.17, 15) is 4.79 Å². The Labute approximate surface area is 81.6 Å². The Balaban J connectivity index is 3.56. The van der Waals surface area contributed by atoms with Crippen LogP contribution >= 0.6 is 0 Å². The summed E-state index contributed by atoms with van der Waals surface area (Å²) in [6.45, 7) is 4.85. The summed E-state index contributed by atoms with van der Waals surface area (Å²) >= 11 is 0. The molecule has 0 atom stereocenters. The van der Waals surface area contributed by atoms with E-state index >= 15 is 0 Å². The summed E-state index contributed by atoms with van der Waals surface area (Å²) in [6, 6.07) is 0. The van der Waals surface area contributed by atoms with E-state index in [2.05, 4.69) is 6.92 Å². The third-order valence-electron chi connectivity index (χ3n) is 2.03. The number of allylic oxidation sites excluding steroid dienone is 1. The fourth-order valence-corrected chi connectivity index (χ4v) is 1.08.